The van der Waals surface area contributed by atoms with Crippen molar-refractivity contribution in [1.29, 1.82) is 0 Å². The predicted octanol–water partition coefficient (Wildman–Crippen LogP) is 4.99. The van der Waals surface area contributed by atoms with Crippen molar-refractivity contribution in [2.45, 2.75) is 20.8 Å². The number of rotatable bonds is 7. The molecule has 3 aromatic rings. The molecule has 30 heavy (non-hydrogen) atoms. The van der Waals surface area contributed by atoms with Crippen molar-refractivity contribution >= 4 is 23.2 Å². The Hall–Kier alpha value is -3.60. The van der Waals surface area contributed by atoms with Crippen LogP contribution in [0.3, 0.4) is 0 Å². The lowest BCUT2D eigenvalue weighted by atomic mass is 10.1. The molecule has 3 aromatic carbocycles. The minimum Gasteiger partial charge on any atom is -0.484 e. The van der Waals surface area contributed by atoms with E-state index in [9.17, 15) is 9.59 Å². The van der Waals surface area contributed by atoms with Gasteiger partial charge in [0.05, 0.1) is 11.3 Å². The van der Waals surface area contributed by atoms with Crippen LogP contribution >= 0.6 is 0 Å². The first kappa shape index (κ1) is 21.1. The van der Waals surface area contributed by atoms with E-state index in [4.69, 9.17) is 4.74 Å². The van der Waals surface area contributed by atoms with E-state index in [-0.39, 0.29) is 18.4 Å². The lowest BCUT2D eigenvalue weighted by Gasteiger charge is -2.22. The fourth-order valence-electron chi connectivity index (χ4n) is 3.11. The standard InChI is InChI=1S/C25H26N2O3/c1-4-27(20-10-6-5-7-11-20)25(29)22-12-8-9-13-23(22)26-24(28)17-30-21-15-14-18(2)19(3)16-21/h5-16H,4,17H2,1-3H3,(H,26,28). The molecule has 0 heterocycles. The number of nitrogens with zero attached hydrogens (tertiary/aromatic N) is 1. The maximum absolute atomic E-state index is 13.2. The van der Waals surface area contributed by atoms with Gasteiger partial charge < -0.3 is 15.0 Å². The molecule has 154 valence electrons. The summed E-state index contributed by atoms with van der Waals surface area (Å²) in [5.41, 5.74) is 3.97. The average molecular weight is 402 g/mol. The molecule has 5 nitrogen and oxygen atoms in total. The molecule has 0 fully saturated rings. The predicted molar refractivity (Wildman–Crippen MR) is 120 cm³/mol. The summed E-state index contributed by atoms with van der Waals surface area (Å²) in [6, 6.07) is 22.2. The largest absolute Gasteiger partial charge is 0.484 e. The topological polar surface area (TPSA) is 58.6 Å². The van der Waals surface area contributed by atoms with Gasteiger partial charge in [0.25, 0.3) is 11.8 Å². The highest BCUT2D eigenvalue weighted by Crippen LogP contribution is 2.22. The number of anilines is 2. The molecule has 0 unspecified atom stereocenters. The number of hydrogen-bond donors (Lipinski definition) is 1. The summed E-state index contributed by atoms with van der Waals surface area (Å²) in [5, 5.41) is 2.81. The van der Waals surface area contributed by atoms with E-state index in [0.717, 1.165) is 16.8 Å². The Bertz CT molecular complexity index is 1030. The second-order valence-electron chi connectivity index (χ2n) is 7.01. The number of carbonyl (C=O) groups is 2. The Labute approximate surface area is 177 Å². The highest BCUT2D eigenvalue weighted by molar-refractivity contribution is 6.11. The van der Waals surface area contributed by atoms with Gasteiger partial charge in [-0.05, 0) is 68.3 Å². The van der Waals surface area contributed by atoms with Crippen LogP contribution in [0.25, 0.3) is 0 Å². The zero-order valence-electron chi connectivity index (χ0n) is 17.5. The summed E-state index contributed by atoms with van der Waals surface area (Å²) in [6.45, 7) is 6.32. The lowest BCUT2D eigenvalue weighted by molar-refractivity contribution is -0.118. The van der Waals surface area contributed by atoms with Crippen LogP contribution in [0.4, 0.5) is 11.4 Å². The number of nitrogens with one attached hydrogen (secondary N) is 1. The van der Waals surface area contributed by atoms with Gasteiger partial charge in [-0.2, -0.15) is 0 Å². The first-order valence-electron chi connectivity index (χ1n) is 9.95. The Morgan fingerprint density at radius 2 is 1.60 bits per heavy atom. The van der Waals surface area contributed by atoms with Gasteiger partial charge in [0.1, 0.15) is 5.75 Å². The third-order valence-electron chi connectivity index (χ3n) is 4.91. The molecule has 0 aliphatic rings. The monoisotopic (exact) mass is 402 g/mol. The molecule has 0 aliphatic heterocycles. The van der Waals surface area contributed by atoms with Crippen molar-refractivity contribution in [3.8, 4) is 5.75 Å². The summed E-state index contributed by atoms with van der Waals surface area (Å²) >= 11 is 0. The van der Waals surface area contributed by atoms with Crippen LogP contribution in [0.1, 0.15) is 28.4 Å². The smallest absolute Gasteiger partial charge is 0.262 e. The molecule has 0 atom stereocenters. The minimum absolute atomic E-state index is 0.138. The van der Waals surface area contributed by atoms with E-state index in [2.05, 4.69) is 5.32 Å². The van der Waals surface area contributed by atoms with Gasteiger partial charge >= 0.3 is 0 Å². The quantitative estimate of drug-likeness (QED) is 0.606. The van der Waals surface area contributed by atoms with Crippen LogP contribution in [0, 0.1) is 13.8 Å². The summed E-state index contributed by atoms with van der Waals surface area (Å²) in [6.07, 6.45) is 0. The maximum Gasteiger partial charge on any atom is 0.262 e. The van der Waals surface area contributed by atoms with E-state index >= 15 is 0 Å². The summed E-state index contributed by atoms with van der Waals surface area (Å²) in [5.74, 6) is 0.143. The molecule has 5 heteroatoms. The molecule has 0 radical (unpaired) electrons. The van der Waals surface area contributed by atoms with E-state index in [1.165, 1.54) is 0 Å². The summed E-state index contributed by atoms with van der Waals surface area (Å²) in [7, 11) is 0. The Kier molecular flexibility index (Phi) is 6.86. The molecule has 0 saturated heterocycles. The third-order valence-corrected chi connectivity index (χ3v) is 4.91. The van der Waals surface area contributed by atoms with Crippen molar-refractivity contribution in [3.63, 3.8) is 0 Å². The van der Waals surface area contributed by atoms with E-state index < -0.39 is 0 Å². The Morgan fingerprint density at radius 1 is 0.900 bits per heavy atom. The second kappa shape index (κ2) is 9.74. The lowest BCUT2D eigenvalue weighted by Crippen LogP contribution is -2.32. The Morgan fingerprint density at radius 3 is 2.30 bits per heavy atom. The van der Waals surface area contributed by atoms with Crippen molar-refractivity contribution in [2.75, 3.05) is 23.4 Å². The fraction of sp³-hybridized carbons (Fsp3) is 0.200. The minimum atomic E-state index is -0.323. The zero-order valence-corrected chi connectivity index (χ0v) is 17.5. The number of aryl methyl sites for hydroxylation is 2. The zero-order chi connectivity index (χ0) is 21.5. The molecule has 3 rings (SSSR count). The van der Waals surface area contributed by atoms with Gasteiger partial charge in [0.15, 0.2) is 6.61 Å². The molecule has 2 amide bonds. The second-order valence-corrected chi connectivity index (χ2v) is 7.01. The molecule has 1 N–H and O–H groups in total. The molecule has 0 aromatic heterocycles. The summed E-state index contributed by atoms with van der Waals surface area (Å²) in [4.78, 5) is 27.3. The number of carbonyl (C=O) groups excluding carboxylic acids is 2. The van der Waals surface area contributed by atoms with E-state index in [0.29, 0.717) is 23.5 Å². The number of para-hydroxylation sites is 2. The van der Waals surface area contributed by atoms with Gasteiger partial charge in [-0.3, -0.25) is 9.59 Å². The number of hydrogen-bond acceptors (Lipinski definition) is 3. The van der Waals surface area contributed by atoms with Gasteiger partial charge in [0, 0.05) is 12.2 Å². The highest BCUT2D eigenvalue weighted by atomic mass is 16.5. The molecule has 0 bridgehead atoms. The third kappa shape index (κ3) is 5.06. The number of ether oxygens (including phenoxy) is 1. The van der Waals surface area contributed by atoms with Crippen LogP contribution in [0.2, 0.25) is 0 Å². The fourth-order valence-corrected chi connectivity index (χ4v) is 3.11. The van der Waals surface area contributed by atoms with Gasteiger partial charge in [-0.15, -0.1) is 0 Å². The van der Waals surface area contributed by atoms with E-state index in [1.54, 1.807) is 29.2 Å². The van der Waals surface area contributed by atoms with Crippen LogP contribution in [-0.2, 0) is 4.79 Å². The number of benzene rings is 3. The molecule has 0 saturated carbocycles. The van der Waals surface area contributed by atoms with Crippen molar-refractivity contribution in [2.24, 2.45) is 0 Å². The van der Waals surface area contributed by atoms with Gasteiger partial charge in [-0.1, -0.05) is 36.4 Å². The number of amides is 2. The van der Waals surface area contributed by atoms with Crippen LogP contribution in [0.5, 0.6) is 5.75 Å². The van der Waals surface area contributed by atoms with Gasteiger partial charge in [-0.25, -0.2) is 0 Å². The molecule has 0 spiro atoms. The maximum atomic E-state index is 13.2. The first-order valence-corrected chi connectivity index (χ1v) is 9.95. The van der Waals surface area contributed by atoms with Crippen molar-refractivity contribution in [3.05, 3.63) is 89.5 Å². The van der Waals surface area contributed by atoms with Gasteiger partial charge in [0.2, 0.25) is 0 Å². The normalized spacial score (nSPS) is 10.4. The molecule has 0 aliphatic carbocycles. The average Bonchev–Trinajstić information content (AvgIpc) is 2.76. The van der Waals surface area contributed by atoms with Crippen molar-refractivity contribution < 1.29 is 14.3 Å². The highest BCUT2D eigenvalue weighted by Gasteiger charge is 2.20. The molecular formula is C25H26N2O3. The van der Waals surface area contributed by atoms with Crippen LogP contribution in [0.15, 0.2) is 72.8 Å². The Balaban J connectivity index is 1.72. The SMILES string of the molecule is CCN(C(=O)c1ccccc1NC(=O)COc1ccc(C)c(C)c1)c1ccccc1. The summed E-state index contributed by atoms with van der Waals surface area (Å²) < 4.78 is 5.61. The first-order chi connectivity index (χ1) is 14.5. The van der Waals surface area contributed by atoms with Crippen LogP contribution in [-0.4, -0.2) is 25.0 Å². The van der Waals surface area contributed by atoms with Crippen molar-refractivity contribution in [1.82, 2.24) is 0 Å². The van der Waals surface area contributed by atoms with Crippen LogP contribution < -0.4 is 15.0 Å². The molecular weight excluding hydrogens is 376 g/mol. The van der Waals surface area contributed by atoms with E-state index in [1.807, 2.05) is 69.3 Å².